The smallest absolute Gasteiger partial charge is 0.378 e. The summed E-state index contributed by atoms with van der Waals surface area (Å²) in [5, 5.41) is 24.4. The number of ether oxygens (including phenoxy) is 3. The van der Waals surface area contributed by atoms with Crippen molar-refractivity contribution in [3.8, 4) is 0 Å². The predicted molar refractivity (Wildman–Crippen MR) is 192 cm³/mol. The van der Waals surface area contributed by atoms with Crippen LogP contribution in [0.2, 0.25) is 0 Å². The summed E-state index contributed by atoms with van der Waals surface area (Å²) >= 11 is 0. The van der Waals surface area contributed by atoms with E-state index in [4.69, 9.17) is 14.2 Å². The quantitative estimate of drug-likeness (QED) is 0.0542. The normalized spacial score (nSPS) is 18.6. The molecule has 1 aliphatic rings. The molecule has 1 unspecified atom stereocenters. The second kappa shape index (κ2) is 26.7. The summed E-state index contributed by atoms with van der Waals surface area (Å²) in [7, 11) is 0. The van der Waals surface area contributed by atoms with Gasteiger partial charge in [0.2, 0.25) is 11.4 Å². The van der Waals surface area contributed by atoms with Gasteiger partial charge in [-0.2, -0.15) is 0 Å². The Bertz CT molecular complexity index is 782. The van der Waals surface area contributed by atoms with Crippen molar-refractivity contribution in [2.45, 2.75) is 225 Å². The van der Waals surface area contributed by atoms with Crippen molar-refractivity contribution < 1.29 is 29.2 Å². The number of hydrogen-bond acceptors (Lipinski definition) is 6. The van der Waals surface area contributed by atoms with Crippen LogP contribution in [0.1, 0.15) is 208 Å². The van der Waals surface area contributed by atoms with Crippen LogP contribution in [0.3, 0.4) is 0 Å². The second-order valence-electron chi connectivity index (χ2n) is 14.0. The average molecular weight is 653 g/mol. The van der Waals surface area contributed by atoms with Gasteiger partial charge in [-0.05, 0) is 38.5 Å². The van der Waals surface area contributed by atoms with Crippen LogP contribution in [0, 0.1) is 0 Å². The van der Waals surface area contributed by atoms with Crippen molar-refractivity contribution >= 4 is 5.97 Å². The van der Waals surface area contributed by atoms with Gasteiger partial charge < -0.3 is 24.4 Å². The van der Waals surface area contributed by atoms with Gasteiger partial charge >= 0.3 is 5.97 Å². The van der Waals surface area contributed by atoms with Crippen molar-refractivity contribution in [2.75, 3.05) is 13.2 Å². The Kier molecular flexibility index (Phi) is 24.8. The zero-order valence-electron chi connectivity index (χ0n) is 31.1. The molecule has 272 valence electrons. The summed E-state index contributed by atoms with van der Waals surface area (Å²) in [4.78, 5) is 13.6. The standard InChI is InChI=1S/C40H76O6/c1-6-11-16-21-22-23-24-27-32-40(37(42)36(38(43)46-40)44-33-28-19-14-9-4)39(31-26-18-13-8-3,45-34-29-20-15-10-5)35(41)30-25-17-12-7-2/h35,41-42H,6-34H2,1-5H3/t35?,39-,40-/m0/s1. The van der Waals surface area contributed by atoms with Gasteiger partial charge in [0.25, 0.3) is 0 Å². The maximum atomic E-state index is 13.6. The van der Waals surface area contributed by atoms with Gasteiger partial charge in [-0.1, -0.05) is 169 Å². The molecule has 0 fully saturated rings. The number of esters is 1. The van der Waals surface area contributed by atoms with Crippen LogP contribution >= 0.6 is 0 Å². The van der Waals surface area contributed by atoms with Crippen LogP contribution in [0.25, 0.3) is 0 Å². The molecule has 0 aromatic heterocycles. The Morgan fingerprint density at radius 2 is 1.09 bits per heavy atom. The number of carbonyl (C=O) groups excluding carboxylic acids is 1. The Balaban J connectivity index is 3.51. The summed E-state index contributed by atoms with van der Waals surface area (Å²) in [5.41, 5.74) is -2.68. The average Bonchev–Trinajstić information content (AvgIpc) is 3.30. The molecule has 0 radical (unpaired) electrons. The molecule has 46 heavy (non-hydrogen) atoms. The van der Waals surface area contributed by atoms with E-state index < -0.39 is 23.3 Å². The molecule has 6 nitrogen and oxygen atoms in total. The monoisotopic (exact) mass is 653 g/mol. The zero-order valence-corrected chi connectivity index (χ0v) is 31.1. The molecule has 1 rings (SSSR count). The highest BCUT2D eigenvalue weighted by Gasteiger charge is 2.65. The number of hydrogen-bond donors (Lipinski definition) is 2. The second-order valence-corrected chi connectivity index (χ2v) is 14.0. The van der Waals surface area contributed by atoms with E-state index in [1.54, 1.807) is 0 Å². The van der Waals surface area contributed by atoms with Crippen LogP contribution in [-0.2, 0) is 19.0 Å². The molecular formula is C40H76O6. The van der Waals surface area contributed by atoms with Crippen molar-refractivity contribution in [2.24, 2.45) is 0 Å². The molecule has 6 heteroatoms. The molecule has 1 aliphatic heterocycles. The molecule has 0 bridgehead atoms. The van der Waals surface area contributed by atoms with Crippen LogP contribution < -0.4 is 0 Å². The van der Waals surface area contributed by atoms with Crippen molar-refractivity contribution in [1.29, 1.82) is 0 Å². The van der Waals surface area contributed by atoms with Gasteiger partial charge in [0.05, 0.1) is 12.7 Å². The van der Waals surface area contributed by atoms with E-state index in [0.717, 1.165) is 122 Å². The Hall–Kier alpha value is -1.27. The molecule has 0 aromatic rings. The summed E-state index contributed by atoms with van der Waals surface area (Å²) in [6, 6.07) is 0. The number of cyclic esters (lactones) is 1. The molecule has 0 aliphatic carbocycles. The third-order valence-corrected chi connectivity index (χ3v) is 9.99. The fourth-order valence-corrected chi connectivity index (χ4v) is 7.06. The van der Waals surface area contributed by atoms with Gasteiger partial charge in [0.1, 0.15) is 5.60 Å². The lowest BCUT2D eigenvalue weighted by molar-refractivity contribution is -0.239. The predicted octanol–water partition coefficient (Wildman–Crippen LogP) is 11.8. The van der Waals surface area contributed by atoms with E-state index in [-0.39, 0.29) is 11.5 Å². The van der Waals surface area contributed by atoms with E-state index in [1.807, 2.05) is 0 Å². The molecule has 2 N–H and O–H groups in total. The van der Waals surface area contributed by atoms with E-state index in [1.165, 1.54) is 32.1 Å². The summed E-state index contributed by atoms with van der Waals surface area (Å²) in [5.74, 6) is -0.826. The topological polar surface area (TPSA) is 85.2 Å². The van der Waals surface area contributed by atoms with Crippen molar-refractivity contribution in [1.82, 2.24) is 0 Å². The fourth-order valence-electron chi connectivity index (χ4n) is 7.06. The highest BCUT2D eigenvalue weighted by Crippen LogP contribution is 2.51. The number of rotatable bonds is 33. The summed E-state index contributed by atoms with van der Waals surface area (Å²) < 4.78 is 19.3. The molecule has 0 aromatic carbocycles. The van der Waals surface area contributed by atoms with Crippen molar-refractivity contribution in [3.05, 3.63) is 11.5 Å². The van der Waals surface area contributed by atoms with Crippen LogP contribution in [0.15, 0.2) is 11.5 Å². The van der Waals surface area contributed by atoms with Gasteiger partial charge in [0.15, 0.2) is 5.76 Å². The minimum absolute atomic E-state index is 0.0678. The molecule has 0 saturated carbocycles. The first-order valence-corrected chi connectivity index (χ1v) is 20.0. The minimum atomic E-state index is -1.45. The lowest BCUT2D eigenvalue weighted by atomic mass is 9.70. The highest BCUT2D eigenvalue weighted by atomic mass is 16.6. The first-order valence-electron chi connectivity index (χ1n) is 20.0. The molecule has 1 heterocycles. The lowest BCUT2D eigenvalue weighted by Crippen LogP contribution is -2.64. The Morgan fingerprint density at radius 1 is 0.630 bits per heavy atom. The van der Waals surface area contributed by atoms with Crippen LogP contribution in [0.5, 0.6) is 0 Å². The third-order valence-electron chi connectivity index (χ3n) is 9.99. The first kappa shape index (κ1) is 42.8. The van der Waals surface area contributed by atoms with Gasteiger partial charge in [-0.25, -0.2) is 4.79 Å². The van der Waals surface area contributed by atoms with Gasteiger partial charge in [-0.3, -0.25) is 0 Å². The fraction of sp³-hybridized carbons (Fsp3) is 0.925. The first-order chi connectivity index (χ1) is 22.4. The molecule has 0 amide bonds. The summed E-state index contributed by atoms with van der Waals surface area (Å²) in [6.07, 6.45) is 26.2. The Morgan fingerprint density at radius 3 is 1.65 bits per heavy atom. The molecule has 3 atom stereocenters. The maximum absolute atomic E-state index is 13.6. The molecular weight excluding hydrogens is 576 g/mol. The van der Waals surface area contributed by atoms with E-state index in [0.29, 0.717) is 32.5 Å². The van der Waals surface area contributed by atoms with Gasteiger partial charge in [-0.15, -0.1) is 0 Å². The number of aliphatic hydroxyl groups excluding tert-OH is 2. The Labute approximate surface area is 284 Å². The van der Waals surface area contributed by atoms with E-state index in [2.05, 4.69) is 34.6 Å². The lowest BCUT2D eigenvalue weighted by Gasteiger charge is -2.49. The zero-order chi connectivity index (χ0) is 33.9. The minimum Gasteiger partial charge on any atom is -0.505 e. The van der Waals surface area contributed by atoms with E-state index >= 15 is 0 Å². The SMILES string of the molecule is CCCCCCCCCC[C@]1([C@@](CCCCCC)(OCCCCCC)C(O)CCCCCC)OC(=O)C(OCCCCCC)=C1O. The number of carbonyl (C=O) groups is 1. The van der Waals surface area contributed by atoms with Gasteiger partial charge in [0, 0.05) is 6.61 Å². The third kappa shape index (κ3) is 14.5. The van der Waals surface area contributed by atoms with E-state index in [9.17, 15) is 15.0 Å². The molecule has 0 spiro atoms. The maximum Gasteiger partial charge on any atom is 0.378 e. The largest absolute Gasteiger partial charge is 0.505 e. The van der Waals surface area contributed by atoms with Crippen LogP contribution in [-0.4, -0.2) is 46.7 Å². The molecule has 0 saturated heterocycles. The summed E-state index contributed by atoms with van der Waals surface area (Å²) in [6.45, 7) is 11.8. The van der Waals surface area contributed by atoms with Crippen LogP contribution in [0.4, 0.5) is 0 Å². The number of aliphatic hydroxyl groups is 2. The highest BCUT2D eigenvalue weighted by molar-refractivity contribution is 5.90. The number of unbranched alkanes of at least 4 members (excludes halogenated alkanes) is 19. The van der Waals surface area contributed by atoms with Crippen molar-refractivity contribution in [3.63, 3.8) is 0 Å².